The summed E-state index contributed by atoms with van der Waals surface area (Å²) >= 11 is 0. The Labute approximate surface area is 197 Å². The maximum absolute atomic E-state index is 12.9. The minimum Gasteiger partial charge on any atom is -0.351 e. The molecule has 1 heterocycles. The van der Waals surface area contributed by atoms with Gasteiger partial charge in [0.2, 0.25) is 10.0 Å². The van der Waals surface area contributed by atoms with Crippen LogP contribution in [0.4, 0.5) is 0 Å². The van der Waals surface area contributed by atoms with E-state index < -0.39 is 15.9 Å². The Kier molecular flexibility index (Phi) is 6.85. The monoisotopic (exact) mass is 476 g/mol. The molecule has 4 rings (SSSR count). The zero-order valence-electron chi connectivity index (χ0n) is 18.6. The first-order chi connectivity index (χ1) is 16.3. The summed E-state index contributed by atoms with van der Waals surface area (Å²) in [6.45, 7) is 1.92. The third kappa shape index (κ3) is 5.38. The highest BCUT2D eigenvalue weighted by Crippen LogP contribution is 2.13. The average Bonchev–Trinajstić information content (AvgIpc) is 2.84. The molecule has 8 nitrogen and oxygen atoms in total. The molecule has 174 valence electrons. The minimum atomic E-state index is -3.54. The lowest BCUT2D eigenvalue weighted by Crippen LogP contribution is -2.34. The van der Waals surface area contributed by atoms with E-state index in [1.807, 2.05) is 36.4 Å². The van der Waals surface area contributed by atoms with Crippen LogP contribution in [0.25, 0.3) is 16.6 Å². The van der Waals surface area contributed by atoms with Gasteiger partial charge in [-0.15, -0.1) is 0 Å². The zero-order chi connectivity index (χ0) is 24.1. The van der Waals surface area contributed by atoms with Gasteiger partial charge in [-0.25, -0.2) is 18.1 Å². The van der Waals surface area contributed by atoms with E-state index in [4.69, 9.17) is 0 Å². The van der Waals surface area contributed by atoms with E-state index in [0.29, 0.717) is 28.0 Å². The Bertz CT molecular complexity index is 1480. The van der Waals surface area contributed by atoms with Crippen molar-refractivity contribution < 1.29 is 13.2 Å². The molecular weight excluding hydrogens is 452 g/mol. The third-order valence-electron chi connectivity index (χ3n) is 5.33. The van der Waals surface area contributed by atoms with Crippen molar-refractivity contribution in [1.29, 1.82) is 0 Å². The Morgan fingerprint density at radius 1 is 0.941 bits per heavy atom. The number of aromatic nitrogens is 2. The normalized spacial score (nSPS) is 11.4. The van der Waals surface area contributed by atoms with Crippen LogP contribution >= 0.6 is 0 Å². The maximum atomic E-state index is 12.9. The van der Waals surface area contributed by atoms with Gasteiger partial charge in [0.25, 0.3) is 11.5 Å². The first-order valence-corrected chi connectivity index (χ1v) is 12.4. The number of sulfonamides is 1. The SMILES string of the molecule is Cc1nc2ccccc2c(=O)n1-c1ccc(C(=O)NCCS(=O)(=O)NCc2ccccc2)cc1. The third-order valence-corrected chi connectivity index (χ3v) is 6.65. The highest BCUT2D eigenvalue weighted by atomic mass is 32.2. The van der Waals surface area contributed by atoms with Crippen LogP contribution in [0.1, 0.15) is 21.7 Å². The number of aryl methyl sites for hydroxylation is 1. The number of hydrogen-bond donors (Lipinski definition) is 2. The molecule has 2 N–H and O–H groups in total. The van der Waals surface area contributed by atoms with Gasteiger partial charge in [-0.3, -0.25) is 14.2 Å². The molecule has 3 aromatic carbocycles. The lowest BCUT2D eigenvalue weighted by Gasteiger charge is -2.12. The number of amides is 1. The Morgan fingerprint density at radius 3 is 2.35 bits per heavy atom. The summed E-state index contributed by atoms with van der Waals surface area (Å²) in [6, 6.07) is 22.8. The van der Waals surface area contributed by atoms with Crippen molar-refractivity contribution >= 4 is 26.8 Å². The number of rotatable bonds is 8. The first-order valence-electron chi connectivity index (χ1n) is 10.7. The molecule has 34 heavy (non-hydrogen) atoms. The van der Waals surface area contributed by atoms with Crippen molar-refractivity contribution in [2.24, 2.45) is 0 Å². The molecule has 4 aromatic rings. The Morgan fingerprint density at radius 2 is 1.62 bits per heavy atom. The summed E-state index contributed by atoms with van der Waals surface area (Å²) in [5.74, 6) is -0.0966. The van der Waals surface area contributed by atoms with Crippen molar-refractivity contribution in [1.82, 2.24) is 19.6 Å². The van der Waals surface area contributed by atoms with E-state index >= 15 is 0 Å². The smallest absolute Gasteiger partial charge is 0.265 e. The fraction of sp³-hybridized carbons (Fsp3) is 0.160. The van der Waals surface area contributed by atoms with Gasteiger partial charge in [-0.1, -0.05) is 42.5 Å². The fourth-order valence-corrected chi connectivity index (χ4v) is 4.47. The first kappa shape index (κ1) is 23.3. The fourth-order valence-electron chi connectivity index (χ4n) is 3.57. The summed E-state index contributed by atoms with van der Waals surface area (Å²) in [4.78, 5) is 29.9. The number of hydrogen-bond acceptors (Lipinski definition) is 5. The number of fused-ring (bicyclic) bond motifs is 1. The number of benzene rings is 3. The molecule has 1 aromatic heterocycles. The minimum absolute atomic E-state index is 0.0299. The van der Waals surface area contributed by atoms with Gasteiger partial charge >= 0.3 is 0 Å². The van der Waals surface area contributed by atoms with E-state index in [1.54, 1.807) is 49.4 Å². The van der Waals surface area contributed by atoms with Crippen LogP contribution in [0.15, 0.2) is 83.7 Å². The summed E-state index contributed by atoms with van der Waals surface area (Å²) in [7, 11) is -3.54. The van der Waals surface area contributed by atoms with Crippen molar-refractivity contribution in [3.05, 3.63) is 106 Å². The topological polar surface area (TPSA) is 110 Å². The molecule has 9 heteroatoms. The highest BCUT2D eigenvalue weighted by molar-refractivity contribution is 7.89. The molecule has 0 fully saturated rings. The second-order valence-corrected chi connectivity index (χ2v) is 9.67. The van der Waals surface area contributed by atoms with E-state index in [0.717, 1.165) is 5.56 Å². The van der Waals surface area contributed by atoms with Crippen molar-refractivity contribution in [3.8, 4) is 5.69 Å². The van der Waals surface area contributed by atoms with Gasteiger partial charge in [0.15, 0.2) is 0 Å². The molecular formula is C25H24N4O4S. The Hall–Kier alpha value is -3.82. The largest absolute Gasteiger partial charge is 0.351 e. The second-order valence-electron chi connectivity index (χ2n) is 7.75. The molecule has 0 spiro atoms. The van der Waals surface area contributed by atoms with Crippen LogP contribution in [0, 0.1) is 6.92 Å². The van der Waals surface area contributed by atoms with Gasteiger partial charge in [-0.05, 0) is 48.9 Å². The molecule has 0 saturated heterocycles. The van der Waals surface area contributed by atoms with Crippen molar-refractivity contribution in [2.75, 3.05) is 12.3 Å². The number of nitrogens with one attached hydrogen (secondary N) is 2. The summed E-state index contributed by atoms with van der Waals surface area (Å²) in [5.41, 5.74) is 2.24. The van der Waals surface area contributed by atoms with E-state index in [9.17, 15) is 18.0 Å². The van der Waals surface area contributed by atoms with E-state index in [2.05, 4.69) is 15.0 Å². The number of carbonyl (C=O) groups excluding carboxylic acids is 1. The van der Waals surface area contributed by atoms with Crippen molar-refractivity contribution in [3.63, 3.8) is 0 Å². The lowest BCUT2D eigenvalue weighted by atomic mass is 10.2. The van der Waals surface area contributed by atoms with Crippen LogP contribution in [-0.4, -0.2) is 36.2 Å². The quantitative estimate of drug-likeness (QED) is 0.406. The van der Waals surface area contributed by atoms with Crippen LogP contribution in [0.3, 0.4) is 0 Å². The molecule has 0 radical (unpaired) electrons. The van der Waals surface area contributed by atoms with Gasteiger partial charge in [0.05, 0.1) is 22.3 Å². The molecule has 0 aliphatic heterocycles. The van der Waals surface area contributed by atoms with Gasteiger partial charge in [0.1, 0.15) is 5.82 Å². The average molecular weight is 477 g/mol. The highest BCUT2D eigenvalue weighted by Gasteiger charge is 2.13. The molecule has 1 amide bonds. The van der Waals surface area contributed by atoms with Gasteiger partial charge in [-0.2, -0.15) is 0 Å². The molecule has 0 bridgehead atoms. The lowest BCUT2D eigenvalue weighted by molar-refractivity contribution is 0.0956. The number of para-hydroxylation sites is 1. The maximum Gasteiger partial charge on any atom is 0.265 e. The van der Waals surface area contributed by atoms with Gasteiger partial charge in [0, 0.05) is 18.7 Å². The number of nitrogens with zero attached hydrogens (tertiary/aromatic N) is 2. The zero-order valence-corrected chi connectivity index (χ0v) is 19.4. The van der Waals surface area contributed by atoms with Crippen molar-refractivity contribution in [2.45, 2.75) is 13.5 Å². The predicted molar refractivity (Wildman–Crippen MR) is 131 cm³/mol. The summed E-state index contributed by atoms with van der Waals surface area (Å²) < 4.78 is 28.4. The Balaban J connectivity index is 1.38. The summed E-state index contributed by atoms with van der Waals surface area (Å²) in [5, 5.41) is 3.13. The van der Waals surface area contributed by atoms with E-state index in [-0.39, 0.29) is 24.4 Å². The predicted octanol–water partition coefficient (Wildman–Crippen LogP) is 2.54. The van der Waals surface area contributed by atoms with Crippen LogP contribution in [-0.2, 0) is 16.6 Å². The standard InChI is InChI=1S/C25H24N4O4S/c1-18-28-23-10-6-5-9-22(23)25(31)29(18)21-13-11-20(12-14-21)24(30)26-15-16-34(32,33)27-17-19-7-3-2-4-8-19/h2-14,27H,15-17H2,1H3,(H,26,30). The molecule has 0 atom stereocenters. The van der Waals surface area contributed by atoms with E-state index in [1.165, 1.54) is 4.57 Å². The van der Waals surface area contributed by atoms with Crippen LogP contribution in [0.2, 0.25) is 0 Å². The number of carbonyl (C=O) groups is 1. The van der Waals surface area contributed by atoms with Gasteiger partial charge < -0.3 is 5.32 Å². The summed E-state index contributed by atoms with van der Waals surface area (Å²) in [6.07, 6.45) is 0. The molecule has 0 aliphatic carbocycles. The molecule has 0 unspecified atom stereocenters. The second kappa shape index (κ2) is 9.98. The molecule has 0 aliphatic rings. The van der Waals surface area contributed by atoms with Crippen LogP contribution in [0.5, 0.6) is 0 Å². The molecule has 0 saturated carbocycles. The van der Waals surface area contributed by atoms with Crippen LogP contribution < -0.4 is 15.6 Å².